The third-order valence-corrected chi connectivity index (χ3v) is 5.65. The van der Waals surface area contributed by atoms with Crippen LogP contribution in [0.15, 0.2) is 24.3 Å². The normalized spacial score (nSPS) is 19.2. The van der Waals surface area contributed by atoms with E-state index in [1.54, 1.807) is 0 Å². The molecule has 164 valence electrons. The van der Waals surface area contributed by atoms with Crippen molar-refractivity contribution in [2.45, 2.75) is 77.2 Å². The number of amides is 1. The van der Waals surface area contributed by atoms with Crippen molar-refractivity contribution in [2.75, 3.05) is 32.6 Å². The van der Waals surface area contributed by atoms with Gasteiger partial charge in [-0.3, -0.25) is 5.32 Å². The van der Waals surface area contributed by atoms with Crippen LogP contribution in [0.3, 0.4) is 0 Å². The molecule has 0 radical (unpaired) electrons. The lowest BCUT2D eigenvalue weighted by Gasteiger charge is -2.31. The van der Waals surface area contributed by atoms with Crippen LogP contribution >= 0.6 is 0 Å². The molecule has 1 aliphatic rings. The average Bonchev–Trinajstić information content (AvgIpc) is 2.69. The summed E-state index contributed by atoms with van der Waals surface area (Å²) in [5.74, 6) is 1.16. The van der Waals surface area contributed by atoms with E-state index in [0.29, 0.717) is 18.2 Å². The van der Waals surface area contributed by atoms with E-state index in [4.69, 9.17) is 9.47 Å². The molecule has 2 N–H and O–H groups in total. The van der Waals surface area contributed by atoms with Crippen molar-refractivity contribution in [3.8, 4) is 5.75 Å². The maximum absolute atomic E-state index is 12.5. The molecule has 5 heteroatoms. The fraction of sp³-hybridized carbons (Fsp3) is 0.708. The predicted molar refractivity (Wildman–Crippen MR) is 119 cm³/mol. The van der Waals surface area contributed by atoms with E-state index in [-0.39, 0.29) is 12.2 Å². The van der Waals surface area contributed by atoms with Crippen LogP contribution in [0.25, 0.3) is 0 Å². The summed E-state index contributed by atoms with van der Waals surface area (Å²) in [6.45, 7) is 3.95. The molecule has 2 atom stereocenters. The first-order valence-corrected chi connectivity index (χ1v) is 11.6. The predicted octanol–water partition coefficient (Wildman–Crippen LogP) is 4.68. The maximum atomic E-state index is 12.5. The molecule has 5 nitrogen and oxygen atoms in total. The van der Waals surface area contributed by atoms with Gasteiger partial charge in [-0.25, -0.2) is 4.79 Å². The molecular formula is C24H41N2O3+. The molecule has 0 saturated heterocycles. The molecule has 0 aliphatic heterocycles. The number of rotatable bonds is 12. The third kappa shape index (κ3) is 9.07. The van der Waals surface area contributed by atoms with E-state index < -0.39 is 0 Å². The summed E-state index contributed by atoms with van der Waals surface area (Å²) in [4.78, 5) is 13.9. The second-order valence-electron chi connectivity index (χ2n) is 8.64. The fourth-order valence-electron chi connectivity index (χ4n) is 4.12. The number of quaternary nitrogens is 1. The highest BCUT2D eigenvalue weighted by molar-refractivity contribution is 5.86. The van der Waals surface area contributed by atoms with Crippen LogP contribution in [-0.4, -0.2) is 39.4 Å². The van der Waals surface area contributed by atoms with Gasteiger partial charge >= 0.3 is 6.09 Å². The Kier molecular flexibility index (Phi) is 10.9. The van der Waals surface area contributed by atoms with Crippen molar-refractivity contribution >= 4 is 11.8 Å². The van der Waals surface area contributed by atoms with Crippen molar-refractivity contribution in [1.29, 1.82) is 0 Å². The molecule has 2 rings (SSSR count). The molecule has 1 amide bonds. The van der Waals surface area contributed by atoms with Gasteiger partial charge in [0.05, 0.1) is 32.9 Å². The van der Waals surface area contributed by atoms with Crippen molar-refractivity contribution in [3.63, 3.8) is 0 Å². The molecule has 0 heterocycles. The Balaban J connectivity index is 1.80. The summed E-state index contributed by atoms with van der Waals surface area (Å²) in [7, 11) is 4.31. The minimum Gasteiger partial charge on any atom is -0.491 e. The van der Waals surface area contributed by atoms with Gasteiger partial charge < -0.3 is 14.4 Å². The summed E-state index contributed by atoms with van der Waals surface area (Å²) in [6.07, 6.45) is 11.5. The lowest BCUT2D eigenvalue weighted by atomic mass is 9.86. The topological polar surface area (TPSA) is 52.0 Å². The van der Waals surface area contributed by atoms with Gasteiger partial charge in [-0.1, -0.05) is 57.6 Å². The van der Waals surface area contributed by atoms with Gasteiger partial charge in [0.1, 0.15) is 11.9 Å². The molecule has 0 spiro atoms. The summed E-state index contributed by atoms with van der Waals surface area (Å²) < 4.78 is 11.8. The van der Waals surface area contributed by atoms with E-state index in [1.807, 2.05) is 24.3 Å². The van der Waals surface area contributed by atoms with E-state index >= 15 is 0 Å². The van der Waals surface area contributed by atoms with E-state index in [2.05, 4.69) is 26.3 Å². The lowest BCUT2D eigenvalue weighted by Crippen LogP contribution is -3.06. The van der Waals surface area contributed by atoms with Crippen LogP contribution in [0, 0.1) is 5.92 Å². The summed E-state index contributed by atoms with van der Waals surface area (Å²) in [6, 6.07) is 7.63. The first-order chi connectivity index (χ1) is 14.1. The molecule has 1 saturated carbocycles. The van der Waals surface area contributed by atoms with E-state index in [9.17, 15) is 4.79 Å². The number of anilines is 1. The van der Waals surface area contributed by atoms with Crippen LogP contribution in [-0.2, 0) is 4.74 Å². The zero-order valence-electron chi connectivity index (χ0n) is 18.7. The highest BCUT2D eigenvalue weighted by Gasteiger charge is 2.30. The number of benzene rings is 1. The zero-order chi connectivity index (χ0) is 20.9. The smallest absolute Gasteiger partial charge is 0.412 e. The Bertz CT molecular complexity index is 591. The maximum Gasteiger partial charge on any atom is 0.412 e. The van der Waals surface area contributed by atoms with Crippen molar-refractivity contribution in [3.05, 3.63) is 24.3 Å². The van der Waals surface area contributed by atoms with Gasteiger partial charge in [-0.15, -0.1) is 0 Å². The van der Waals surface area contributed by atoms with Crippen LogP contribution in [0.2, 0.25) is 0 Å². The number of hydrogen-bond donors (Lipinski definition) is 2. The second kappa shape index (κ2) is 13.5. The zero-order valence-corrected chi connectivity index (χ0v) is 18.7. The first-order valence-electron chi connectivity index (χ1n) is 11.6. The SMILES string of the molecule is CCCCCCCCOc1ccccc1NC(=O)O[C@H]1CCCC[C@@H]1C[NH+](C)C. The van der Waals surface area contributed by atoms with Gasteiger partial charge in [-0.2, -0.15) is 0 Å². The molecule has 0 aromatic heterocycles. The molecule has 0 unspecified atom stereocenters. The number of ether oxygens (including phenoxy) is 2. The molecule has 1 aliphatic carbocycles. The number of para-hydroxylation sites is 2. The number of carbonyl (C=O) groups is 1. The fourth-order valence-corrected chi connectivity index (χ4v) is 4.12. The Morgan fingerprint density at radius 1 is 1.07 bits per heavy atom. The van der Waals surface area contributed by atoms with Crippen molar-refractivity contribution < 1.29 is 19.2 Å². The van der Waals surface area contributed by atoms with Gasteiger partial charge in [0.15, 0.2) is 0 Å². The molecule has 1 aromatic carbocycles. The van der Waals surface area contributed by atoms with Crippen molar-refractivity contribution in [2.24, 2.45) is 5.92 Å². The van der Waals surface area contributed by atoms with Gasteiger partial charge in [0.2, 0.25) is 0 Å². The quantitative estimate of drug-likeness (QED) is 0.497. The monoisotopic (exact) mass is 405 g/mol. The highest BCUT2D eigenvalue weighted by atomic mass is 16.6. The minimum atomic E-state index is -0.369. The standard InChI is InChI=1S/C24H40N2O3/c1-4-5-6-7-8-13-18-28-23-17-12-10-15-21(23)25-24(27)29-22-16-11-9-14-20(22)19-26(2)3/h10,12,15,17,20,22H,4-9,11,13-14,16,18-19H2,1-3H3,(H,25,27)/p+1/t20-,22+/m1/s1. The molecule has 1 fully saturated rings. The first kappa shape index (κ1) is 23.5. The molecule has 29 heavy (non-hydrogen) atoms. The summed E-state index contributed by atoms with van der Waals surface area (Å²) >= 11 is 0. The van der Waals surface area contributed by atoms with Crippen LogP contribution in [0.5, 0.6) is 5.75 Å². The number of unbranched alkanes of at least 4 members (excludes halogenated alkanes) is 5. The van der Waals surface area contributed by atoms with Gasteiger partial charge in [0, 0.05) is 5.92 Å². The molecule has 1 aromatic rings. The van der Waals surface area contributed by atoms with E-state index in [1.165, 1.54) is 43.4 Å². The molecule has 0 bridgehead atoms. The van der Waals surface area contributed by atoms with Gasteiger partial charge in [-0.05, 0) is 37.8 Å². The van der Waals surface area contributed by atoms with E-state index in [0.717, 1.165) is 38.0 Å². The van der Waals surface area contributed by atoms with Gasteiger partial charge in [0.25, 0.3) is 0 Å². The minimum absolute atomic E-state index is 0.00912. The second-order valence-corrected chi connectivity index (χ2v) is 8.64. The summed E-state index contributed by atoms with van der Waals surface area (Å²) in [5, 5.41) is 2.91. The number of nitrogens with one attached hydrogen (secondary N) is 2. The van der Waals surface area contributed by atoms with Crippen LogP contribution in [0.1, 0.15) is 71.1 Å². The third-order valence-electron chi connectivity index (χ3n) is 5.65. The Labute approximate surface area is 177 Å². The Morgan fingerprint density at radius 2 is 1.79 bits per heavy atom. The van der Waals surface area contributed by atoms with Crippen LogP contribution in [0.4, 0.5) is 10.5 Å². The van der Waals surface area contributed by atoms with Crippen LogP contribution < -0.4 is 15.0 Å². The Hall–Kier alpha value is -1.75. The average molecular weight is 406 g/mol. The molecular weight excluding hydrogens is 364 g/mol. The van der Waals surface area contributed by atoms with Crippen molar-refractivity contribution in [1.82, 2.24) is 0 Å². The number of hydrogen-bond acceptors (Lipinski definition) is 3. The largest absolute Gasteiger partial charge is 0.491 e. The Morgan fingerprint density at radius 3 is 2.59 bits per heavy atom. The number of carbonyl (C=O) groups excluding carboxylic acids is 1. The highest BCUT2D eigenvalue weighted by Crippen LogP contribution is 2.28. The summed E-state index contributed by atoms with van der Waals surface area (Å²) in [5.41, 5.74) is 0.689. The lowest BCUT2D eigenvalue weighted by molar-refractivity contribution is -0.862.